The van der Waals surface area contributed by atoms with Crippen LogP contribution in [-0.4, -0.2) is 45.2 Å². The maximum absolute atomic E-state index is 13.2. The first-order valence-electron chi connectivity index (χ1n) is 9.41. The molecule has 25 heavy (non-hydrogen) atoms. The molecule has 1 saturated carbocycles. The van der Waals surface area contributed by atoms with E-state index in [-0.39, 0.29) is 30.4 Å². The fraction of sp³-hybridized carbons (Fsp3) is 0.500. The van der Waals surface area contributed by atoms with Gasteiger partial charge in [0.05, 0.1) is 6.54 Å². The van der Waals surface area contributed by atoms with Crippen LogP contribution in [0.2, 0.25) is 0 Å². The Kier molecular flexibility index (Phi) is 3.37. The van der Waals surface area contributed by atoms with Crippen molar-refractivity contribution < 1.29 is 9.59 Å². The summed E-state index contributed by atoms with van der Waals surface area (Å²) in [4.78, 5) is 33.1. The molecule has 0 spiro atoms. The molecule has 2 aliphatic heterocycles. The van der Waals surface area contributed by atoms with Gasteiger partial charge in [-0.3, -0.25) is 9.59 Å². The van der Waals surface area contributed by atoms with Gasteiger partial charge in [-0.1, -0.05) is 37.5 Å². The van der Waals surface area contributed by atoms with Gasteiger partial charge in [0.15, 0.2) is 0 Å². The maximum atomic E-state index is 13.2. The topological polar surface area (TPSA) is 56.4 Å². The number of nitrogens with zero attached hydrogens (tertiary/aromatic N) is 2. The highest BCUT2D eigenvalue weighted by Gasteiger charge is 2.44. The number of para-hydroxylation sites is 1. The van der Waals surface area contributed by atoms with Crippen molar-refractivity contribution in [1.82, 2.24) is 14.8 Å². The molecule has 5 nitrogen and oxygen atoms in total. The van der Waals surface area contributed by atoms with Crippen LogP contribution in [0.5, 0.6) is 0 Å². The van der Waals surface area contributed by atoms with Gasteiger partial charge in [0.25, 0.3) is 0 Å². The Morgan fingerprint density at radius 3 is 2.60 bits per heavy atom. The van der Waals surface area contributed by atoms with Crippen molar-refractivity contribution in [3.8, 4) is 0 Å². The minimum Gasteiger partial charge on any atom is -0.357 e. The van der Waals surface area contributed by atoms with Crippen molar-refractivity contribution in [1.29, 1.82) is 0 Å². The van der Waals surface area contributed by atoms with Crippen LogP contribution in [0.3, 0.4) is 0 Å². The SMILES string of the molecule is O=C1C2Cc3c([nH]c4ccccc34)CN2C(=O)CN1C1CCCCC1. The zero-order valence-corrected chi connectivity index (χ0v) is 14.3. The molecule has 0 radical (unpaired) electrons. The van der Waals surface area contributed by atoms with Gasteiger partial charge in [0.1, 0.15) is 12.6 Å². The Bertz CT molecular complexity index is 850. The lowest BCUT2D eigenvalue weighted by atomic mass is 9.90. The lowest BCUT2D eigenvalue weighted by molar-refractivity contribution is -0.160. The molecule has 1 aromatic heterocycles. The number of amides is 2. The number of aromatic nitrogens is 1. The van der Waals surface area contributed by atoms with Gasteiger partial charge in [-0.05, 0) is 24.5 Å². The number of rotatable bonds is 1. The first kappa shape index (κ1) is 15.0. The van der Waals surface area contributed by atoms with Gasteiger partial charge in [-0.15, -0.1) is 0 Å². The minimum absolute atomic E-state index is 0.0967. The summed E-state index contributed by atoms with van der Waals surface area (Å²) < 4.78 is 0. The van der Waals surface area contributed by atoms with Crippen LogP contribution >= 0.6 is 0 Å². The molecule has 1 N–H and O–H groups in total. The molecule has 5 heteroatoms. The molecule has 1 atom stereocenters. The van der Waals surface area contributed by atoms with Crippen molar-refractivity contribution in [3.63, 3.8) is 0 Å². The van der Waals surface area contributed by atoms with Crippen LogP contribution in [0.4, 0.5) is 0 Å². The first-order valence-corrected chi connectivity index (χ1v) is 9.41. The van der Waals surface area contributed by atoms with Crippen LogP contribution in [0.25, 0.3) is 10.9 Å². The first-order chi connectivity index (χ1) is 12.2. The van der Waals surface area contributed by atoms with Gasteiger partial charge in [-0.25, -0.2) is 0 Å². The standard InChI is InChI=1S/C20H23N3O2/c24-19-12-22(13-6-2-1-3-7-13)20(25)18-10-15-14-8-4-5-9-16(14)21-17(15)11-23(18)19/h4-5,8-9,13,18,21H,1-3,6-7,10-12H2. The monoisotopic (exact) mass is 337 g/mol. The second-order valence-corrected chi connectivity index (χ2v) is 7.63. The molecule has 3 heterocycles. The molecule has 3 aliphatic rings. The Morgan fingerprint density at radius 1 is 0.960 bits per heavy atom. The molecule has 1 aromatic carbocycles. The van der Waals surface area contributed by atoms with E-state index in [4.69, 9.17) is 0 Å². The van der Waals surface area contributed by atoms with E-state index in [0.717, 1.165) is 24.1 Å². The lowest BCUT2D eigenvalue weighted by Crippen LogP contribution is -2.63. The van der Waals surface area contributed by atoms with Crippen molar-refractivity contribution in [2.75, 3.05) is 6.54 Å². The largest absolute Gasteiger partial charge is 0.357 e. The average molecular weight is 337 g/mol. The summed E-state index contributed by atoms with van der Waals surface area (Å²) in [7, 11) is 0. The van der Waals surface area contributed by atoms with Gasteiger partial charge in [0, 0.05) is 29.1 Å². The van der Waals surface area contributed by atoms with E-state index in [1.165, 1.54) is 30.2 Å². The van der Waals surface area contributed by atoms with Crippen LogP contribution in [0.1, 0.15) is 43.4 Å². The van der Waals surface area contributed by atoms with Crippen LogP contribution < -0.4 is 0 Å². The molecule has 2 fully saturated rings. The lowest BCUT2D eigenvalue weighted by Gasteiger charge is -2.46. The number of hydrogen-bond acceptors (Lipinski definition) is 2. The third kappa shape index (κ3) is 2.29. The Morgan fingerprint density at radius 2 is 1.76 bits per heavy atom. The predicted molar refractivity (Wildman–Crippen MR) is 94.9 cm³/mol. The molecule has 1 unspecified atom stereocenters. The summed E-state index contributed by atoms with van der Waals surface area (Å²) in [5.74, 6) is 0.252. The number of fused-ring (bicyclic) bond motifs is 4. The normalized spacial score (nSPS) is 24.6. The molecular formula is C20H23N3O2. The number of aromatic amines is 1. The highest BCUT2D eigenvalue weighted by molar-refractivity contribution is 5.97. The number of piperazine rings is 1. The van der Waals surface area contributed by atoms with E-state index in [9.17, 15) is 9.59 Å². The number of hydrogen-bond donors (Lipinski definition) is 1. The highest BCUT2D eigenvalue weighted by atomic mass is 16.2. The van der Waals surface area contributed by atoms with Crippen LogP contribution in [0, 0.1) is 0 Å². The number of benzene rings is 1. The number of nitrogens with one attached hydrogen (secondary N) is 1. The smallest absolute Gasteiger partial charge is 0.246 e. The second-order valence-electron chi connectivity index (χ2n) is 7.63. The summed E-state index contributed by atoms with van der Waals surface area (Å²) in [6.45, 7) is 0.785. The number of H-pyrrole nitrogens is 1. The molecule has 1 aliphatic carbocycles. The van der Waals surface area contributed by atoms with E-state index in [1.807, 2.05) is 17.0 Å². The Labute approximate surface area is 147 Å². The predicted octanol–water partition coefficient (Wildman–Crippen LogP) is 2.60. The van der Waals surface area contributed by atoms with E-state index < -0.39 is 0 Å². The molecule has 2 aromatic rings. The van der Waals surface area contributed by atoms with Gasteiger partial charge in [-0.2, -0.15) is 0 Å². The summed E-state index contributed by atoms with van der Waals surface area (Å²) in [5.41, 5.74) is 3.39. The average Bonchev–Trinajstić information content (AvgIpc) is 3.02. The van der Waals surface area contributed by atoms with Crippen molar-refractivity contribution in [2.24, 2.45) is 0 Å². The summed E-state index contributed by atoms with van der Waals surface area (Å²) in [6, 6.07) is 8.15. The van der Waals surface area contributed by atoms with Crippen molar-refractivity contribution in [3.05, 3.63) is 35.5 Å². The summed E-state index contributed by atoms with van der Waals surface area (Å²) in [5, 5.41) is 1.19. The Hall–Kier alpha value is -2.30. The number of carbonyl (C=O) groups is 2. The van der Waals surface area contributed by atoms with Crippen molar-refractivity contribution >= 4 is 22.7 Å². The van der Waals surface area contributed by atoms with E-state index in [1.54, 1.807) is 4.90 Å². The molecule has 2 amide bonds. The Balaban J connectivity index is 1.49. The van der Waals surface area contributed by atoms with E-state index >= 15 is 0 Å². The van der Waals surface area contributed by atoms with Crippen LogP contribution in [-0.2, 0) is 22.6 Å². The van der Waals surface area contributed by atoms with E-state index in [0.29, 0.717) is 13.0 Å². The van der Waals surface area contributed by atoms with Crippen molar-refractivity contribution in [2.45, 2.75) is 57.2 Å². The molecule has 5 rings (SSSR count). The van der Waals surface area contributed by atoms with Gasteiger partial charge in [0.2, 0.25) is 11.8 Å². The molecule has 0 bridgehead atoms. The minimum atomic E-state index is -0.324. The third-order valence-electron chi connectivity index (χ3n) is 6.21. The van der Waals surface area contributed by atoms with Gasteiger partial charge >= 0.3 is 0 Å². The summed E-state index contributed by atoms with van der Waals surface area (Å²) in [6.07, 6.45) is 6.31. The van der Waals surface area contributed by atoms with E-state index in [2.05, 4.69) is 17.1 Å². The van der Waals surface area contributed by atoms with Crippen LogP contribution in [0.15, 0.2) is 24.3 Å². The molecular weight excluding hydrogens is 314 g/mol. The third-order valence-corrected chi connectivity index (χ3v) is 6.21. The zero-order chi connectivity index (χ0) is 17.0. The quantitative estimate of drug-likeness (QED) is 0.870. The molecule has 1 saturated heterocycles. The maximum Gasteiger partial charge on any atom is 0.246 e. The highest BCUT2D eigenvalue weighted by Crippen LogP contribution is 2.34. The summed E-state index contributed by atoms with van der Waals surface area (Å²) >= 11 is 0. The fourth-order valence-corrected chi connectivity index (χ4v) is 4.90. The fourth-order valence-electron chi connectivity index (χ4n) is 4.90. The molecule has 130 valence electrons. The second kappa shape index (κ2) is 5.61. The zero-order valence-electron chi connectivity index (χ0n) is 14.3. The number of carbonyl (C=O) groups excluding carboxylic acids is 2. The van der Waals surface area contributed by atoms with Gasteiger partial charge < -0.3 is 14.8 Å².